The Morgan fingerprint density at radius 3 is 2.89 bits per heavy atom. The molecule has 0 bridgehead atoms. The third kappa shape index (κ3) is 2.74. The number of anilines is 1. The molecule has 1 fully saturated rings. The maximum atomic E-state index is 12.7. The van der Waals surface area contributed by atoms with Crippen molar-refractivity contribution in [3.63, 3.8) is 0 Å². The lowest BCUT2D eigenvalue weighted by molar-refractivity contribution is 0.0109. The average Bonchev–Trinajstić information content (AvgIpc) is 2.47. The number of para-hydroxylation sites is 1. The molecule has 2 N–H and O–H groups in total. The number of aliphatic hydroxyl groups excluding tert-OH is 1. The van der Waals surface area contributed by atoms with Crippen molar-refractivity contribution in [1.29, 1.82) is 0 Å². The predicted molar refractivity (Wildman–Crippen MR) is 71.6 cm³/mol. The van der Waals surface area contributed by atoms with Crippen molar-refractivity contribution in [2.45, 2.75) is 10.9 Å². The maximum absolute atomic E-state index is 12.7. The molecule has 7 heteroatoms. The second-order valence-corrected chi connectivity index (χ2v) is 6.13. The van der Waals surface area contributed by atoms with Crippen LogP contribution in [0.2, 0.25) is 0 Å². The minimum atomic E-state index is -3.64. The number of rotatable bonds is 4. The van der Waals surface area contributed by atoms with Gasteiger partial charge in [0.15, 0.2) is 0 Å². The summed E-state index contributed by atoms with van der Waals surface area (Å²) in [6, 6.07) is 6.20. The topological polar surface area (TPSA) is 78.9 Å². The fourth-order valence-corrected chi connectivity index (χ4v) is 3.91. The minimum Gasteiger partial charge on any atom is -0.395 e. The van der Waals surface area contributed by atoms with Gasteiger partial charge in [0.2, 0.25) is 10.0 Å². The molecule has 0 saturated carbocycles. The fraction of sp³-hybridized carbons (Fsp3) is 0.500. The van der Waals surface area contributed by atoms with Gasteiger partial charge in [0, 0.05) is 13.6 Å². The van der Waals surface area contributed by atoms with E-state index in [1.54, 1.807) is 31.3 Å². The lowest BCUT2D eigenvalue weighted by Crippen LogP contribution is -2.50. The number of hydrogen-bond donors (Lipinski definition) is 2. The van der Waals surface area contributed by atoms with Gasteiger partial charge in [0.1, 0.15) is 4.90 Å². The highest BCUT2D eigenvalue weighted by Gasteiger charge is 2.34. The summed E-state index contributed by atoms with van der Waals surface area (Å²) < 4.78 is 31.8. The number of nitrogens with zero attached hydrogens (tertiary/aromatic N) is 1. The minimum absolute atomic E-state index is 0.220. The van der Waals surface area contributed by atoms with Gasteiger partial charge < -0.3 is 15.2 Å². The van der Waals surface area contributed by atoms with E-state index in [-0.39, 0.29) is 24.7 Å². The van der Waals surface area contributed by atoms with E-state index < -0.39 is 16.1 Å². The van der Waals surface area contributed by atoms with Crippen molar-refractivity contribution in [3.8, 4) is 0 Å². The molecule has 1 atom stereocenters. The van der Waals surface area contributed by atoms with Crippen LogP contribution in [0.3, 0.4) is 0 Å². The number of nitrogens with one attached hydrogen (secondary N) is 1. The summed E-state index contributed by atoms with van der Waals surface area (Å²) in [6.07, 6.45) is 0. The second-order valence-electron chi connectivity index (χ2n) is 4.27. The molecule has 1 heterocycles. The number of hydrogen-bond acceptors (Lipinski definition) is 5. The molecule has 2 rings (SSSR count). The summed E-state index contributed by atoms with van der Waals surface area (Å²) >= 11 is 0. The van der Waals surface area contributed by atoms with E-state index in [4.69, 9.17) is 4.74 Å². The normalized spacial score (nSPS) is 21.3. The molecule has 0 spiro atoms. The number of aliphatic hydroxyl groups is 1. The molecule has 0 aliphatic carbocycles. The standard InChI is InChI=1S/C12H18N2O4S/c1-13-11-4-2-3-5-12(11)19(16,17)14-6-7-18-9-10(14)8-15/h2-5,10,13,15H,6-9H2,1H3. The smallest absolute Gasteiger partial charge is 0.245 e. The first-order valence-electron chi connectivity index (χ1n) is 6.08. The Kier molecular flexibility index (Phi) is 4.41. The van der Waals surface area contributed by atoms with E-state index in [2.05, 4.69) is 5.32 Å². The van der Waals surface area contributed by atoms with Crippen molar-refractivity contribution < 1.29 is 18.3 Å². The van der Waals surface area contributed by atoms with Crippen molar-refractivity contribution in [1.82, 2.24) is 4.31 Å². The van der Waals surface area contributed by atoms with Gasteiger partial charge in [-0.05, 0) is 12.1 Å². The molecule has 0 radical (unpaired) electrons. The van der Waals surface area contributed by atoms with Crippen LogP contribution in [0.25, 0.3) is 0 Å². The number of sulfonamides is 1. The van der Waals surface area contributed by atoms with Gasteiger partial charge in [-0.2, -0.15) is 4.31 Å². The van der Waals surface area contributed by atoms with Gasteiger partial charge in [-0.25, -0.2) is 8.42 Å². The largest absolute Gasteiger partial charge is 0.395 e. The van der Waals surface area contributed by atoms with E-state index in [1.165, 1.54) is 4.31 Å². The number of morpholine rings is 1. The van der Waals surface area contributed by atoms with Crippen LogP contribution in [0.4, 0.5) is 5.69 Å². The Labute approximate surface area is 113 Å². The van der Waals surface area contributed by atoms with Gasteiger partial charge in [0.05, 0.1) is 31.5 Å². The Hall–Kier alpha value is -1.15. The Morgan fingerprint density at radius 1 is 1.47 bits per heavy atom. The zero-order chi connectivity index (χ0) is 13.9. The first kappa shape index (κ1) is 14.3. The monoisotopic (exact) mass is 286 g/mol. The lowest BCUT2D eigenvalue weighted by atomic mass is 10.3. The van der Waals surface area contributed by atoms with E-state index in [0.29, 0.717) is 12.3 Å². The van der Waals surface area contributed by atoms with Crippen LogP contribution in [0, 0.1) is 0 Å². The number of benzene rings is 1. The van der Waals surface area contributed by atoms with Crippen molar-refractivity contribution in [2.24, 2.45) is 0 Å². The van der Waals surface area contributed by atoms with Gasteiger partial charge in [-0.1, -0.05) is 12.1 Å². The molecule has 0 aromatic heterocycles. The fourth-order valence-electron chi connectivity index (χ4n) is 2.12. The zero-order valence-electron chi connectivity index (χ0n) is 10.7. The molecular weight excluding hydrogens is 268 g/mol. The molecule has 19 heavy (non-hydrogen) atoms. The van der Waals surface area contributed by atoms with Crippen LogP contribution < -0.4 is 5.32 Å². The first-order chi connectivity index (χ1) is 9.11. The molecule has 0 amide bonds. The third-order valence-electron chi connectivity index (χ3n) is 3.13. The predicted octanol–water partition coefficient (Wildman–Crippen LogP) is 0.110. The van der Waals surface area contributed by atoms with Crippen LogP contribution in [-0.4, -0.2) is 57.3 Å². The van der Waals surface area contributed by atoms with Crippen molar-refractivity contribution >= 4 is 15.7 Å². The Bertz CT molecular complexity index is 532. The molecule has 1 aliphatic heterocycles. The van der Waals surface area contributed by atoms with Crippen LogP contribution in [-0.2, 0) is 14.8 Å². The molecule has 1 aromatic carbocycles. The van der Waals surface area contributed by atoms with E-state index >= 15 is 0 Å². The zero-order valence-corrected chi connectivity index (χ0v) is 11.6. The first-order valence-corrected chi connectivity index (χ1v) is 7.52. The SMILES string of the molecule is CNc1ccccc1S(=O)(=O)N1CCOCC1CO. The summed E-state index contributed by atoms with van der Waals surface area (Å²) in [7, 11) is -1.96. The Balaban J connectivity index is 2.40. The summed E-state index contributed by atoms with van der Waals surface area (Å²) in [5.41, 5.74) is 0.547. The summed E-state index contributed by atoms with van der Waals surface area (Å²) in [4.78, 5) is 0.220. The molecular formula is C12H18N2O4S. The van der Waals surface area contributed by atoms with Crippen LogP contribution in [0.15, 0.2) is 29.2 Å². The van der Waals surface area contributed by atoms with Crippen LogP contribution >= 0.6 is 0 Å². The third-order valence-corrected chi connectivity index (χ3v) is 5.14. The van der Waals surface area contributed by atoms with Crippen molar-refractivity contribution in [2.75, 3.05) is 38.7 Å². The number of ether oxygens (including phenoxy) is 1. The average molecular weight is 286 g/mol. The molecule has 6 nitrogen and oxygen atoms in total. The molecule has 1 aliphatic rings. The van der Waals surface area contributed by atoms with Crippen molar-refractivity contribution in [3.05, 3.63) is 24.3 Å². The quantitative estimate of drug-likeness (QED) is 0.821. The van der Waals surface area contributed by atoms with Gasteiger partial charge in [-0.3, -0.25) is 0 Å². The summed E-state index contributed by atoms with van der Waals surface area (Å²) in [6.45, 7) is 0.571. The van der Waals surface area contributed by atoms with Gasteiger partial charge in [-0.15, -0.1) is 0 Å². The molecule has 1 saturated heterocycles. The van der Waals surface area contributed by atoms with Gasteiger partial charge in [0.25, 0.3) is 0 Å². The highest BCUT2D eigenvalue weighted by molar-refractivity contribution is 7.89. The molecule has 106 valence electrons. The maximum Gasteiger partial charge on any atom is 0.245 e. The van der Waals surface area contributed by atoms with Gasteiger partial charge >= 0.3 is 0 Å². The highest BCUT2D eigenvalue weighted by atomic mass is 32.2. The highest BCUT2D eigenvalue weighted by Crippen LogP contribution is 2.26. The second kappa shape index (κ2) is 5.87. The van der Waals surface area contributed by atoms with E-state index in [9.17, 15) is 13.5 Å². The lowest BCUT2D eigenvalue weighted by Gasteiger charge is -2.33. The summed E-state index contributed by atoms with van der Waals surface area (Å²) in [5.74, 6) is 0. The van der Waals surface area contributed by atoms with Crippen LogP contribution in [0.5, 0.6) is 0 Å². The van der Waals surface area contributed by atoms with Crippen LogP contribution in [0.1, 0.15) is 0 Å². The Morgan fingerprint density at radius 2 is 2.21 bits per heavy atom. The summed E-state index contributed by atoms with van der Waals surface area (Å²) in [5, 5.41) is 12.2. The molecule has 1 unspecified atom stereocenters. The molecule has 1 aromatic rings. The van der Waals surface area contributed by atoms with E-state index in [0.717, 1.165) is 0 Å². The van der Waals surface area contributed by atoms with E-state index in [1.807, 2.05) is 0 Å².